The maximum absolute atomic E-state index is 12.1. The van der Waals surface area contributed by atoms with Gasteiger partial charge in [0.05, 0.1) is 11.5 Å². The van der Waals surface area contributed by atoms with E-state index in [1.54, 1.807) is 0 Å². The van der Waals surface area contributed by atoms with Crippen LogP contribution in [0.25, 0.3) is 0 Å². The Morgan fingerprint density at radius 2 is 2.00 bits per heavy atom. The molecule has 1 fully saturated rings. The molecule has 1 saturated heterocycles. The summed E-state index contributed by atoms with van der Waals surface area (Å²) in [6.07, 6.45) is 1.18. The van der Waals surface area contributed by atoms with Crippen LogP contribution in [-0.4, -0.2) is 38.3 Å². The van der Waals surface area contributed by atoms with Crippen LogP contribution < -0.4 is 5.32 Å². The summed E-state index contributed by atoms with van der Waals surface area (Å²) in [5.74, 6) is 0.228. The van der Waals surface area contributed by atoms with Gasteiger partial charge in [0.15, 0.2) is 15.6 Å². The quantitative estimate of drug-likeness (QED) is 0.843. The second-order valence-corrected chi connectivity index (χ2v) is 7.17. The molecule has 4 nitrogen and oxygen atoms in total. The van der Waals surface area contributed by atoms with Gasteiger partial charge in [0.1, 0.15) is 0 Å². The third-order valence-electron chi connectivity index (χ3n) is 3.42. The van der Waals surface area contributed by atoms with E-state index in [1.807, 2.05) is 24.3 Å². The van der Waals surface area contributed by atoms with Crippen molar-refractivity contribution >= 4 is 15.6 Å². The summed E-state index contributed by atoms with van der Waals surface area (Å²) in [4.78, 5) is 12.1. The second kappa shape index (κ2) is 5.84. The van der Waals surface area contributed by atoms with Crippen molar-refractivity contribution in [1.29, 1.82) is 0 Å². The van der Waals surface area contributed by atoms with Crippen LogP contribution in [0.3, 0.4) is 0 Å². The number of hydrogen-bond donors (Lipinski definition) is 1. The van der Waals surface area contributed by atoms with Gasteiger partial charge in [0, 0.05) is 24.6 Å². The summed E-state index contributed by atoms with van der Waals surface area (Å²) < 4.78 is 23.0. The van der Waals surface area contributed by atoms with E-state index < -0.39 is 9.84 Å². The molecule has 0 aliphatic carbocycles. The number of Topliss-reactive ketones (excluding diaryl/α,β-unsaturated/α-hetero) is 1. The summed E-state index contributed by atoms with van der Waals surface area (Å²) in [6.45, 7) is 2.50. The van der Waals surface area contributed by atoms with Crippen LogP contribution in [0.2, 0.25) is 0 Å². The summed E-state index contributed by atoms with van der Waals surface area (Å²) >= 11 is 0. The average Bonchev–Trinajstić information content (AvgIpc) is 2.37. The zero-order chi connectivity index (χ0) is 13.9. The number of ketones is 1. The normalized spacial score (nSPS) is 22.1. The third-order valence-corrected chi connectivity index (χ3v) is 5.15. The van der Waals surface area contributed by atoms with Gasteiger partial charge in [-0.05, 0) is 12.0 Å². The van der Waals surface area contributed by atoms with Crippen molar-refractivity contribution in [3.63, 3.8) is 0 Å². The molecule has 1 heterocycles. The molecule has 0 bridgehead atoms. The molecule has 2 rings (SSSR count). The van der Waals surface area contributed by atoms with E-state index in [0.29, 0.717) is 12.1 Å². The summed E-state index contributed by atoms with van der Waals surface area (Å²) in [5.41, 5.74) is 1.84. The van der Waals surface area contributed by atoms with E-state index in [9.17, 15) is 13.2 Å². The van der Waals surface area contributed by atoms with Gasteiger partial charge < -0.3 is 5.32 Å². The lowest BCUT2D eigenvalue weighted by Crippen LogP contribution is -2.45. The molecule has 1 aromatic rings. The molecule has 0 saturated carbocycles. The predicted molar refractivity (Wildman–Crippen MR) is 75.2 cm³/mol. The summed E-state index contributed by atoms with van der Waals surface area (Å²) in [5, 5.41) is 3.10. The molecule has 5 heteroatoms. The fraction of sp³-hybridized carbons (Fsp3) is 0.500. The Bertz CT molecular complexity index is 549. The monoisotopic (exact) mass is 281 g/mol. The van der Waals surface area contributed by atoms with Crippen molar-refractivity contribution in [1.82, 2.24) is 5.32 Å². The van der Waals surface area contributed by atoms with Gasteiger partial charge in [-0.15, -0.1) is 0 Å². The Labute approximate surface area is 114 Å². The molecule has 0 amide bonds. The third kappa shape index (κ3) is 3.88. The van der Waals surface area contributed by atoms with Gasteiger partial charge in [-0.1, -0.05) is 31.2 Å². The highest BCUT2D eigenvalue weighted by Gasteiger charge is 2.26. The number of carbonyl (C=O) groups is 1. The van der Waals surface area contributed by atoms with Crippen LogP contribution in [0.4, 0.5) is 0 Å². The molecule has 0 spiro atoms. The molecule has 1 unspecified atom stereocenters. The fourth-order valence-electron chi connectivity index (χ4n) is 2.27. The van der Waals surface area contributed by atoms with Gasteiger partial charge >= 0.3 is 0 Å². The van der Waals surface area contributed by atoms with Crippen LogP contribution in [0, 0.1) is 0 Å². The van der Waals surface area contributed by atoms with Crippen LogP contribution in [0.15, 0.2) is 24.3 Å². The Morgan fingerprint density at radius 3 is 2.58 bits per heavy atom. The molecule has 1 atom stereocenters. The van der Waals surface area contributed by atoms with Crippen molar-refractivity contribution < 1.29 is 13.2 Å². The first kappa shape index (κ1) is 14.2. The highest BCUT2D eigenvalue weighted by molar-refractivity contribution is 7.91. The van der Waals surface area contributed by atoms with Crippen molar-refractivity contribution in [2.24, 2.45) is 0 Å². The summed E-state index contributed by atoms with van der Waals surface area (Å²) in [6, 6.07) is 7.27. The molecule has 1 aliphatic rings. The van der Waals surface area contributed by atoms with E-state index >= 15 is 0 Å². The molecule has 104 valence electrons. The molecule has 1 aliphatic heterocycles. The van der Waals surface area contributed by atoms with Gasteiger partial charge in [-0.2, -0.15) is 0 Å². The van der Waals surface area contributed by atoms with Gasteiger partial charge in [0.2, 0.25) is 0 Å². The maximum Gasteiger partial charge on any atom is 0.164 e. The molecular formula is C14H19NO3S. The number of aryl methyl sites for hydroxylation is 1. The molecule has 0 radical (unpaired) electrons. The smallest absolute Gasteiger partial charge is 0.164 e. The van der Waals surface area contributed by atoms with E-state index in [4.69, 9.17) is 0 Å². The number of nitrogens with one attached hydrogen (secondary N) is 1. The number of hydrogen-bond acceptors (Lipinski definition) is 4. The van der Waals surface area contributed by atoms with Gasteiger partial charge in [-0.25, -0.2) is 8.42 Å². The standard InChI is InChI=1S/C14H19NO3S/c1-2-11-3-5-12(6-4-11)14(16)9-13-10-19(17,18)8-7-15-13/h3-6,13,15H,2,7-10H2,1H3. The minimum Gasteiger partial charge on any atom is -0.312 e. The van der Waals surface area contributed by atoms with Crippen LogP contribution in [0.1, 0.15) is 29.3 Å². The average molecular weight is 281 g/mol. The topological polar surface area (TPSA) is 63.2 Å². The fourth-order valence-corrected chi connectivity index (χ4v) is 3.71. The van der Waals surface area contributed by atoms with E-state index in [1.165, 1.54) is 5.56 Å². The van der Waals surface area contributed by atoms with E-state index in [0.717, 1.165) is 6.42 Å². The lowest BCUT2D eigenvalue weighted by atomic mass is 10.0. The molecule has 1 N–H and O–H groups in total. The number of sulfone groups is 1. The zero-order valence-corrected chi connectivity index (χ0v) is 11.9. The highest BCUT2D eigenvalue weighted by atomic mass is 32.2. The van der Waals surface area contributed by atoms with E-state index in [-0.39, 0.29) is 29.8 Å². The minimum absolute atomic E-state index is 0.00254. The number of rotatable bonds is 4. The Morgan fingerprint density at radius 1 is 1.32 bits per heavy atom. The van der Waals surface area contributed by atoms with Crippen molar-refractivity contribution in [3.8, 4) is 0 Å². The van der Waals surface area contributed by atoms with Crippen molar-refractivity contribution in [2.75, 3.05) is 18.1 Å². The Kier molecular flexibility index (Phi) is 4.37. The van der Waals surface area contributed by atoms with Crippen molar-refractivity contribution in [3.05, 3.63) is 35.4 Å². The first-order chi connectivity index (χ1) is 9.00. The first-order valence-electron chi connectivity index (χ1n) is 6.56. The van der Waals surface area contributed by atoms with Crippen molar-refractivity contribution in [2.45, 2.75) is 25.8 Å². The van der Waals surface area contributed by atoms with Crippen LogP contribution in [0.5, 0.6) is 0 Å². The molecule has 19 heavy (non-hydrogen) atoms. The first-order valence-corrected chi connectivity index (χ1v) is 8.38. The lowest BCUT2D eigenvalue weighted by molar-refractivity contribution is 0.0972. The molecule has 1 aromatic carbocycles. The maximum atomic E-state index is 12.1. The van der Waals surface area contributed by atoms with Gasteiger partial charge in [0.25, 0.3) is 0 Å². The van der Waals surface area contributed by atoms with Gasteiger partial charge in [-0.3, -0.25) is 4.79 Å². The predicted octanol–water partition coefficient (Wildman–Crippen LogP) is 1.21. The molecule has 0 aromatic heterocycles. The van der Waals surface area contributed by atoms with E-state index in [2.05, 4.69) is 12.2 Å². The summed E-state index contributed by atoms with van der Waals surface area (Å²) in [7, 11) is -2.99. The van der Waals surface area contributed by atoms with Crippen LogP contribution in [-0.2, 0) is 16.3 Å². The molecular weight excluding hydrogens is 262 g/mol. The minimum atomic E-state index is -2.99. The SMILES string of the molecule is CCc1ccc(C(=O)CC2CS(=O)(=O)CCN2)cc1. The lowest BCUT2D eigenvalue weighted by Gasteiger charge is -2.23. The Hall–Kier alpha value is -1.20. The number of benzene rings is 1. The highest BCUT2D eigenvalue weighted by Crippen LogP contribution is 2.11. The van der Waals surface area contributed by atoms with Crippen LogP contribution >= 0.6 is 0 Å². The Balaban J connectivity index is 2.00. The zero-order valence-electron chi connectivity index (χ0n) is 11.1. The number of carbonyl (C=O) groups excluding carboxylic acids is 1. The second-order valence-electron chi connectivity index (χ2n) is 4.94. The largest absolute Gasteiger partial charge is 0.312 e.